The molecule has 182 valence electrons. The summed E-state index contributed by atoms with van der Waals surface area (Å²) >= 11 is 0. The summed E-state index contributed by atoms with van der Waals surface area (Å²) in [4.78, 5) is 29.0. The van der Waals surface area contributed by atoms with E-state index in [4.69, 9.17) is 0 Å². The van der Waals surface area contributed by atoms with Crippen LogP contribution in [0.25, 0.3) is 0 Å². The summed E-state index contributed by atoms with van der Waals surface area (Å²) in [6.45, 7) is 17.6. The first-order chi connectivity index (χ1) is 17.1. The molecule has 0 radical (unpaired) electrons. The number of hydrogen-bond acceptors (Lipinski definition) is 3. The van der Waals surface area contributed by atoms with Crippen LogP contribution in [0.5, 0.6) is 0 Å². The Hall–Kier alpha value is -3.79. The summed E-state index contributed by atoms with van der Waals surface area (Å²) in [5.41, 5.74) is 6.14. The molecule has 0 spiro atoms. The van der Waals surface area contributed by atoms with Gasteiger partial charge in [-0.3, -0.25) is 9.59 Å². The topological polar surface area (TPSA) is 40.4 Å². The number of nitrogens with zero attached hydrogens (tertiary/aromatic N) is 2. The molecule has 0 N–H and O–H groups in total. The van der Waals surface area contributed by atoms with E-state index >= 15 is 0 Å². The number of hydrogen-bond donors (Lipinski definition) is 0. The molecule has 0 atom stereocenters. The summed E-state index contributed by atoms with van der Waals surface area (Å²) in [6.07, 6.45) is 7.40. The third kappa shape index (κ3) is 3.31. The molecule has 4 heteroatoms. The number of carbonyl (C=O) groups excluding carboxylic acids is 2. The summed E-state index contributed by atoms with van der Waals surface area (Å²) < 4.78 is 2.16. The molecule has 1 fully saturated rings. The highest BCUT2D eigenvalue weighted by atomic mass is 16.2. The normalized spacial score (nSPS) is 22.4. The van der Waals surface area contributed by atoms with Gasteiger partial charge in [-0.15, -0.1) is 6.58 Å². The lowest BCUT2D eigenvalue weighted by Crippen LogP contribution is -2.42. The van der Waals surface area contributed by atoms with E-state index in [1.54, 1.807) is 0 Å². The number of carbonyl (C=O) groups is 2. The fraction of sp³-hybridized carbons (Fsp3) is 0.281. The number of para-hydroxylation sites is 2. The van der Waals surface area contributed by atoms with Crippen LogP contribution in [-0.2, 0) is 20.4 Å². The first-order valence-corrected chi connectivity index (χ1v) is 12.5. The minimum absolute atomic E-state index is 0.115. The molecule has 1 aliphatic carbocycles. The SMILES string of the molecule is C=CCN1/C(=C/C2C(=O)C(=CC3=[N+](CC=C)c4ccccc4C3(C)C)C2=O)C(C)(C)c2ccccc21. The van der Waals surface area contributed by atoms with E-state index in [-0.39, 0.29) is 28.0 Å². The average Bonchev–Trinajstić information content (AvgIpc) is 3.20. The van der Waals surface area contributed by atoms with Crippen molar-refractivity contribution in [2.75, 3.05) is 18.0 Å². The van der Waals surface area contributed by atoms with Crippen molar-refractivity contribution in [2.45, 2.75) is 38.5 Å². The Morgan fingerprint density at radius 2 is 1.53 bits per heavy atom. The number of benzene rings is 2. The second-order valence-electron chi connectivity index (χ2n) is 10.8. The summed E-state index contributed by atoms with van der Waals surface area (Å²) in [5, 5.41) is 0. The van der Waals surface area contributed by atoms with Crippen LogP contribution < -0.4 is 4.90 Å². The lowest BCUT2D eigenvalue weighted by molar-refractivity contribution is -0.425. The van der Waals surface area contributed by atoms with Crippen molar-refractivity contribution in [3.05, 3.63) is 108 Å². The molecule has 3 aliphatic rings. The van der Waals surface area contributed by atoms with Crippen LogP contribution in [0.15, 0.2) is 97.3 Å². The van der Waals surface area contributed by atoms with Crippen molar-refractivity contribution in [2.24, 2.45) is 5.92 Å². The average molecular weight is 478 g/mol. The molecule has 0 amide bonds. The lowest BCUT2D eigenvalue weighted by Gasteiger charge is -2.30. The Kier molecular flexibility index (Phi) is 5.59. The quantitative estimate of drug-likeness (QED) is 0.173. The largest absolute Gasteiger partial charge is 0.340 e. The second kappa shape index (κ2) is 8.41. The monoisotopic (exact) mass is 477 g/mol. The number of ketones is 2. The van der Waals surface area contributed by atoms with E-state index in [0.717, 1.165) is 22.8 Å². The van der Waals surface area contributed by atoms with Gasteiger partial charge in [0.2, 0.25) is 5.69 Å². The summed E-state index contributed by atoms with van der Waals surface area (Å²) in [5.74, 6) is -0.987. The van der Waals surface area contributed by atoms with Gasteiger partial charge in [0.15, 0.2) is 23.8 Å². The van der Waals surface area contributed by atoms with Gasteiger partial charge in [-0.2, -0.15) is 4.58 Å². The van der Waals surface area contributed by atoms with E-state index < -0.39 is 5.92 Å². The van der Waals surface area contributed by atoms with Gasteiger partial charge in [-0.1, -0.05) is 62.9 Å². The first-order valence-electron chi connectivity index (χ1n) is 12.5. The highest BCUT2D eigenvalue weighted by molar-refractivity contribution is 6.41. The van der Waals surface area contributed by atoms with Crippen molar-refractivity contribution in [1.29, 1.82) is 0 Å². The zero-order valence-corrected chi connectivity index (χ0v) is 21.5. The van der Waals surface area contributed by atoms with Gasteiger partial charge in [-0.05, 0) is 37.6 Å². The number of fused-ring (bicyclic) bond motifs is 2. The van der Waals surface area contributed by atoms with Crippen LogP contribution in [0.4, 0.5) is 11.4 Å². The van der Waals surface area contributed by atoms with Crippen LogP contribution in [0.1, 0.15) is 38.8 Å². The van der Waals surface area contributed by atoms with Crippen molar-refractivity contribution in [3.8, 4) is 0 Å². The Balaban J connectivity index is 1.53. The molecule has 2 aromatic carbocycles. The minimum Gasteiger partial charge on any atom is -0.340 e. The van der Waals surface area contributed by atoms with Gasteiger partial charge in [0, 0.05) is 41.1 Å². The van der Waals surface area contributed by atoms with Crippen LogP contribution >= 0.6 is 0 Å². The molecule has 36 heavy (non-hydrogen) atoms. The predicted octanol–water partition coefficient (Wildman–Crippen LogP) is 5.81. The Bertz CT molecular complexity index is 1400. The van der Waals surface area contributed by atoms with E-state index in [1.165, 1.54) is 11.1 Å². The molecular formula is C32H33N2O2+. The van der Waals surface area contributed by atoms with E-state index in [2.05, 4.69) is 74.6 Å². The maximum Gasteiger partial charge on any atom is 0.210 e. The predicted molar refractivity (Wildman–Crippen MR) is 146 cm³/mol. The molecule has 0 bridgehead atoms. The van der Waals surface area contributed by atoms with Crippen molar-refractivity contribution >= 4 is 28.7 Å². The zero-order chi connectivity index (χ0) is 25.8. The minimum atomic E-state index is -0.757. The van der Waals surface area contributed by atoms with Gasteiger partial charge in [0.25, 0.3) is 0 Å². The highest BCUT2D eigenvalue weighted by Gasteiger charge is 2.50. The fourth-order valence-electron chi connectivity index (χ4n) is 5.98. The molecule has 0 saturated heterocycles. The van der Waals surface area contributed by atoms with Crippen molar-refractivity contribution in [1.82, 2.24) is 0 Å². The number of Topliss-reactive ketones (excluding diaryl/α,β-unsaturated/α-hetero) is 2. The maximum absolute atomic E-state index is 13.4. The van der Waals surface area contributed by atoms with E-state index in [0.29, 0.717) is 13.1 Å². The second-order valence-corrected chi connectivity index (χ2v) is 10.8. The Morgan fingerprint density at radius 1 is 0.889 bits per heavy atom. The molecule has 0 unspecified atom stereocenters. The van der Waals surface area contributed by atoms with Crippen LogP contribution in [-0.4, -0.2) is 34.9 Å². The molecular weight excluding hydrogens is 444 g/mol. The number of allylic oxidation sites excluding steroid dienone is 4. The fourth-order valence-corrected chi connectivity index (χ4v) is 5.98. The Labute approximate surface area is 213 Å². The molecule has 2 heterocycles. The van der Waals surface area contributed by atoms with Crippen molar-refractivity contribution in [3.63, 3.8) is 0 Å². The van der Waals surface area contributed by atoms with Gasteiger partial charge in [0.1, 0.15) is 5.92 Å². The van der Waals surface area contributed by atoms with Crippen LogP contribution in [0.3, 0.4) is 0 Å². The maximum atomic E-state index is 13.4. The van der Waals surface area contributed by atoms with E-state index in [9.17, 15) is 9.59 Å². The molecule has 4 nitrogen and oxygen atoms in total. The molecule has 0 aromatic heterocycles. The molecule has 1 saturated carbocycles. The van der Waals surface area contributed by atoms with Crippen molar-refractivity contribution < 1.29 is 14.2 Å². The standard InChI is InChI=1S/C32H33N2O2/c1-7-17-33-25-15-11-9-13-23(25)31(3,4)27(33)19-21-29(35)22(30(21)36)20-28-32(5,6)24-14-10-12-16-26(24)34(28)18-8-2/h7-16,19-21H,1-2,17-18H2,3-6H3/q+1/b22-20?,27-19+. The zero-order valence-electron chi connectivity index (χ0n) is 21.5. The molecule has 2 aliphatic heterocycles. The van der Waals surface area contributed by atoms with Gasteiger partial charge in [-0.25, -0.2) is 0 Å². The first kappa shape index (κ1) is 23.9. The number of anilines is 1. The van der Waals surface area contributed by atoms with Crippen LogP contribution in [0.2, 0.25) is 0 Å². The third-order valence-corrected chi connectivity index (χ3v) is 7.92. The summed E-state index contributed by atoms with van der Waals surface area (Å²) in [7, 11) is 0. The van der Waals surface area contributed by atoms with Gasteiger partial charge in [0.05, 0.1) is 11.0 Å². The third-order valence-electron chi connectivity index (χ3n) is 7.92. The number of rotatable bonds is 6. The highest BCUT2D eigenvalue weighted by Crippen LogP contribution is 2.49. The summed E-state index contributed by atoms with van der Waals surface area (Å²) in [6, 6.07) is 16.5. The molecule has 2 aromatic rings. The lowest BCUT2D eigenvalue weighted by atomic mass is 9.72. The van der Waals surface area contributed by atoms with E-state index in [1.807, 2.05) is 48.6 Å². The molecule has 5 rings (SSSR count). The van der Waals surface area contributed by atoms with Gasteiger partial charge < -0.3 is 4.90 Å². The Morgan fingerprint density at radius 3 is 2.19 bits per heavy atom. The van der Waals surface area contributed by atoms with Gasteiger partial charge >= 0.3 is 0 Å². The smallest absolute Gasteiger partial charge is 0.210 e. The van der Waals surface area contributed by atoms with Crippen LogP contribution in [0, 0.1) is 5.92 Å².